The molecule has 0 aromatic heterocycles. The number of nitrogens with zero attached hydrogens (tertiary/aromatic N) is 1. The maximum atomic E-state index is 8.26. The van der Waals surface area contributed by atoms with Crippen LogP contribution in [0.25, 0.3) is 0 Å². The normalized spacial score (nSPS) is 23.2. The van der Waals surface area contributed by atoms with E-state index in [9.17, 15) is 0 Å². The lowest BCUT2D eigenvalue weighted by molar-refractivity contribution is 0.810. The zero-order chi connectivity index (χ0) is 8.10. The molecule has 0 aromatic carbocycles. The fourth-order valence-corrected chi connectivity index (χ4v) is 1.03. The second-order valence-electron chi connectivity index (χ2n) is 2.46. The molecule has 0 spiro atoms. The Bertz CT molecular complexity index is 253. The summed E-state index contributed by atoms with van der Waals surface area (Å²) < 4.78 is 0. The van der Waals surface area contributed by atoms with Crippen molar-refractivity contribution >= 4 is 0 Å². The molecule has 0 aliphatic heterocycles. The summed E-state index contributed by atoms with van der Waals surface area (Å²) in [5.41, 5.74) is 6.34. The van der Waals surface area contributed by atoms with Crippen LogP contribution in [0.2, 0.25) is 0 Å². The molecule has 0 saturated carbocycles. The summed E-state index contributed by atoms with van der Waals surface area (Å²) in [5, 5.41) is 8.26. The van der Waals surface area contributed by atoms with Crippen LogP contribution < -0.4 is 5.73 Å². The van der Waals surface area contributed by atoms with Crippen LogP contribution in [0.5, 0.6) is 0 Å². The van der Waals surface area contributed by atoms with E-state index in [1.165, 1.54) is 6.08 Å². The molecule has 1 unspecified atom stereocenters. The number of allylic oxidation sites excluding steroid dienone is 5. The van der Waals surface area contributed by atoms with E-state index in [4.69, 9.17) is 11.0 Å². The highest BCUT2D eigenvalue weighted by atomic mass is 14.6. The first-order valence-electron chi connectivity index (χ1n) is 3.53. The van der Waals surface area contributed by atoms with Crippen molar-refractivity contribution in [3.8, 4) is 6.07 Å². The van der Waals surface area contributed by atoms with Crippen LogP contribution in [0.4, 0.5) is 0 Å². The van der Waals surface area contributed by atoms with E-state index in [0.717, 1.165) is 12.1 Å². The Morgan fingerprint density at radius 1 is 1.73 bits per heavy atom. The smallest absolute Gasteiger partial charge is 0.0908 e. The second kappa shape index (κ2) is 3.62. The number of hydrogen-bond acceptors (Lipinski definition) is 2. The van der Waals surface area contributed by atoms with E-state index < -0.39 is 0 Å². The Balaban J connectivity index is 2.58. The van der Waals surface area contributed by atoms with Crippen molar-refractivity contribution in [1.29, 1.82) is 5.26 Å². The van der Waals surface area contributed by atoms with Crippen LogP contribution >= 0.6 is 0 Å². The summed E-state index contributed by atoms with van der Waals surface area (Å²) in [7, 11) is 0. The lowest BCUT2D eigenvalue weighted by Gasteiger charge is -2.08. The first-order valence-corrected chi connectivity index (χ1v) is 3.53. The van der Waals surface area contributed by atoms with Gasteiger partial charge in [-0.25, -0.2) is 0 Å². The van der Waals surface area contributed by atoms with Crippen molar-refractivity contribution in [1.82, 2.24) is 0 Å². The molecule has 0 bridgehead atoms. The van der Waals surface area contributed by atoms with Gasteiger partial charge >= 0.3 is 0 Å². The van der Waals surface area contributed by atoms with E-state index in [2.05, 4.69) is 0 Å². The van der Waals surface area contributed by atoms with Crippen molar-refractivity contribution in [3.63, 3.8) is 0 Å². The Morgan fingerprint density at radius 2 is 2.55 bits per heavy atom. The molecule has 1 aliphatic carbocycles. The first kappa shape index (κ1) is 7.62. The summed E-state index contributed by atoms with van der Waals surface area (Å²) in [6.45, 7) is 0. The van der Waals surface area contributed by atoms with Gasteiger partial charge in [0.05, 0.1) is 6.07 Å². The molecular weight excluding hydrogens is 136 g/mol. The maximum absolute atomic E-state index is 8.26. The highest BCUT2D eigenvalue weighted by molar-refractivity contribution is 5.24. The predicted molar refractivity (Wildman–Crippen MR) is 44.3 cm³/mol. The quantitative estimate of drug-likeness (QED) is 0.570. The van der Waals surface area contributed by atoms with E-state index in [1.807, 2.05) is 30.4 Å². The van der Waals surface area contributed by atoms with Gasteiger partial charge in [-0.2, -0.15) is 5.26 Å². The van der Waals surface area contributed by atoms with Crippen molar-refractivity contribution in [2.75, 3.05) is 0 Å². The van der Waals surface area contributed by atoms with E-state index in [1.54, 1.807) is 0 Å². The van der Waals surface area contributed by atoms with Gasteiger partial charge in [-0.1, -0.05) is 18.2 Å². The average Bonchev–Trinajstić information content (AvgIpc) is 2.01. The molecule has 0 heterocycles. The van der Waals surface area contributed by atoms with E-state index in [-0.39, 0.29) is 0 Å². The standard InChI is InChI=1S/C9H10N2/c10-6-2-4-8-3-1-5-9(11)7-8/h1-2,4-5,7-8H,3,11H2. The molecular formula is C9H10N2. The third kappa shape index (κ3) is 2.30. The fraction of sp³-hybridized carbons (Fsp3) is 0.222. The first-order chi connectivity index (χ1) is 5.33. The Kier molecular flexibility index (Phi) is 2.51. The molecule has 1 rings (SSSR count). The minimum Gasteiger partial charge on any atom is -0.399 e. The second-order valence-corrected chi connectivity index (χ2v) is 2.46. The van der Waals surface area contributed by atoms with Gasteiger partial charge in [0.2, 0.25) is 0 Å². The monoisotopic (exact) mass is 146 g/mol. The summed E-state index contributed by atoms with van der Waals surface area (Å²) in [6.07, 6.45) is 10.1. The van der Waals surface area contributed by atoms with Crippen LogP contribution in [-0.4, -0.2) is 0 Å². The van der Waals surface area contributed by atoms with Crippen LogP contribution in [0.1, 0.15) is 6.42 Å². The SMILES string of the molecule is N#CC=CC1C=C(N)C=CC1. The van der Waals surface area contributed by atoms with Crippen molar-refractivity contribution < 1.29 is 0 Å². The molecule has 0 aromatic rings. The fourth-order valence-electron chi connectivity index (χ4n) is 1.03. The molecule has 1 aliphatic rings. The van der Waals surface area contributed by atoms with Crippen LogP contribution in [0, 0.1) is 17.2 Å². The van der Waals surface area contributed by atoms with Crippen LogP contribution in [0.15, 0.2) is 36.1 Å². The molecule has 0 amide bonds. The lowest BCUT2D eigenvalue weighted by Crippen LogP contribution is -2.02. The Hall–Kier alpha value is -1.49. The summed E-state index contributed by atoms with van der Waals surface area (Å²) in [4.78, 5) is 0. The van der Waals surface area contributed by atoms with Gasteiger partial charge in [-0.3, -0.25) is 0 Å². The molecule has 1 atom stereocenters. The number of rotatable bonds is 1. The van der Waals surface area contributed by atoms with E-state index >= 15 is 0 Å². The van der Waals surface area contributed by atoms with Gasteiger partial charge in [-0.05, 0) is 12.5 Å². The largest absolute Gasteiger partial charge is 0.399 e. The molecule has 2 nitrogen and oxygen atoms in total. The number of nitrogens with two attached hydrogens (primary N) is 1. The molecule has 0 saturated heterocycles. The summed E-state index contributed by atoms with van der Waals surface area (Å²) >= 11 is 0. The summed E-state index contributed by atoms with van der Waals surface area (Å²) in [5.74, 6) is 0.305. The third-order valence-corrected chi connectivity index (χ3v) is 1.54. The minimum absolute atomic E-state index is 0.305. The molecule has 56 valence electrons. The van der Waals surface area contributed by atoms with Crippen LogP contribution in [-0.2, 0) is 0 Å². The minimum atomic E-state index is 0.305. The van der Waals surface area contributed by atoms with Crippen molar-refractivity contribution in [2.45, 2.75) is 6.42 Å². The van der Waals surface area contributed by atoms with Gasteiger partial charge in [0.15, 0.2) is 0 Å². The highest BCUT2D eigenvalue weighted by Gasteiger charge is 2.02. The molecule has 2 heteroatoms. The number of nitriles is 1. The van der Waals surface area contributed by atoms with Crippen molar-refractivity contribution in [2.24, 2.45) is 11.7 Å². The predicted octanol–water partition coefficient (Wildman–Crippen LogP) is 1.48. The van der Waals surface area contributed by atoms with Crippen LogP contribution in [0.3, 0.4) is 0 Å². The van der Waals surface area contributed by atoms with Crippen molar-refractivity contribution in [3.05, 3.63) is 36.1 Å². The molecule has 11 heavy (non-hydrogen) atoms. The molecule has 0 radical (unpaired) electrons. The Labute approximate surface area is 66.3 Å². The highest BCUT2D eigenvalue weighted by Crippen LogP contribution is 2.14. The number of hydrogen-bond donors (Lipinski definition) is 1. The third-order valence-electron chi connectivity index (χ3n) is 1.54. The topological polar surface area (TPSA) is 49.8 Å². The Morgan fingerprint density at radius 3 is 3.18 bits per heavy atom. The zero-order valence-electron chi connectivity index (χ0n) is 6.20. The van der Waals surface area contributed by atoms with Gasteiger partial charge in [0.1, 0.15) is 0 Å². The van der Waals surface area contributed by atoms with Gasteiger partial charge in [0, 0.05) is 17.7 Å². The maximum Gasteiger partial charge on any atom is 0.0908 e. The van der Waals surface area contributed by atoms with E-state index in [0.29, 0.717) is 5.92 Å². The molecule has 2 N–H and O–H groups in total. The molecule has 0 fully saturated rings. The van der Waals surface area contributed by atoms with Gasteiger partial charge in [-0.15, -0.1) is 0 Å². The van der Waals surface area contributed by atoms with Gasteiger partial charge < -0.3 is 5.73 Å². The van der Waals surface area contributed by atoms with Gasteiger partial charge in [0.25, 0.3) is 0 Å². The average molecular weight is 146 g/mol. The lowest BCUT2D eigenvalue weighted by atomic mass is 9.99. The summed E-state index contributed by atoms with van der Waals surface area (Å²) in [6, 6.07) is 1.96. The zero-order valence-corrected chi connectivity index (χ0v) is 6.20.